The number of thiazole rings is 1. The molecule has 0 bridgehead atoms. The smallest absolute Gasteiger partial charge is 0.180 e. The highest BCUT2D eigenvalue weighted by atomic mass is 35.5. The Hall–Kier alpha value is -1.18. The number of aryl methyl sites for hydroxylation is 1. The van der Waals surface area contributed by atoms with Gasteiger partial charge in [-0.15, -0.1) is 23.7 Å². The van der Waals surface area contributed by atoms with E-state index < -0.39 is 0 Å². The van der Waals surface area contributed by atoms with Crippen molar-refractivity contribution in [1.82, 2.24) is 24.6 Å². The molecule has 0 saturated heterocycles. The third-order valence-electron chi connectivity index (χ3n) is 2.80. The quantitative estimate of drug-likeness (QED) is 0.894. The van der Waals surface area contributed by atoms with Crippen LogP contribution in [-0.2, 0) is 19.6 Å². The zero-order valence-electron chi connectivity index (χ0n) is 10.0. The van der Waals surface area contributed by atoms with E-state index in [0.29, 0.717) is 5.13 Å². The Morgan fingerprint density at radius 2 is 2.28 bits per heavy atom. The molecule has 0 unspecified atom stereocenters. The van der Waals surface area contributed by atoms with Gasteiger partial charge >= 0.3 is 0 Å². The topological polar surface area (TPSA) is 72.9 Å². The summed E-state index contributed by atoms with van der Waals surface area (Å²) in [6.07, 6.45) is 1.85. The van der Waals surface area contributed by atoms with E-state index in [2.05, 4.69) is 20.0 Å². The molecular formula is C10H15ClN6S. The molecule has 1 aliphatic rings. The highest BCUT2D eigenvalue weighted by molar-refractivity contribution is 7.15. The first-order chi connectivity index (χ1) is 8.20. The van der Waals surface area contributed by atoms with Gasteiger partial charge < -0.3 is 5.73 Å². The lowest BCUT2D eigenvalue weighted by Crippen LogP contribution is -2.33. The number of hydrogen-bond acceptors (Lipinski definition) is 6. The molecule has 3 heterocycles. The maximum Gasteiger partial charge on any atom is 0.180 e. The molecule has 98 valence electrons. The number of rotatable bonds is 2. The molecule has 6 nitrogen and oxygen atoms in total. The van der Waals surface area contributed by atoms with Crippen molar-refractivity contribution in [2.45, 2.75) is 26.6 Å². The van der Waals surface area contributed by atoms with Gasteiger partial charge in [0.1, 0.15) is 11.6 Å². The van der Waals surface area contributed by atoms with E-state index in [9.17, 15) is 0 Å². The molecule has 18 heavy (non-hydrogen) atoms. The third-order valence-corrected chi connectivity index (χ3v) is 3.61. The summed E-state index contributed by atoms with van der Waals surface area (Å²) >= 11 is 1.55. The maximum absolute atomic E-state index is 5.63. The predicted octanol–water partition coefficient (Wildman–Crippen LogP) is 1.06. The number of hydrogen-bond donors (Lipinski definition) is 1. The van der Waals surface area contributed by atoms with Crippen molar-refractivity contribution in [2.24, 2.45) is 0 Å². The number of nitrogens with two attached hydrogens (primary N) is 1. The Morgan fingerprint density at radius 1 is 1.44 bits per heavy atom. The van der Waals surface area contributed by atoms with Gasteiger partial charge in [0, 0.05) is 24.2 Å². The highest BCUT2D eigenvalue weighted by Crippen LogP contribution is 2.19. The molecule has 8 heteroatoms. The van der Waals surface area contributed by atoms with Crippen LogP contribution >= 0.6 is 23.7 Å². The summed E-state index contributed by atoms with van der Waals surface area (Å²) in [6, 6.07) is 0. The second-order valence-corrected chi connectivity index (χ2v) is 5.32. The first-order valence-electron chi connectivity index (χ1n) is 5.53. The van der Waals surface area contributed by atoms with Crippen molar-refractivity contribution >= 4 is 28.9 Å². The lowest BCUT2D eigenvalue weighted by molar-refractivity contribution is 0.203. The van der Waals surface area contributed by atoms with Crippen LogP contribution in [0.5, 0.6) is 0 Å². The van der Waals surface area contributed by atoms with Gasteiger partial charge in [0.05, 0.1) is 13.1 Å². The second-order valence-electron chi connectivity index (χ2n) is 4.17. The van der Waals surface area contributed by atoms with E-state index in [1.54, 1.807) is 11.3 Å². The van der Waals surface area contributed by atoms with Gasteiger partial charge in [-0.25, -0.2) is 14.6 Å². The Balaban J connectivity index is 0.00000120. The van der Waals surface area contributed by atoms with Gasteiger partial charge in [0.25, 0.3) is 0 Å². The average Bonchev–Trinajstić information content (AvgIpc) is 2.83. The van der Waals surface area contributed by atoms with Crippen molar-refractivity contribution in [3.8, 4) is 0 Å². The van der Waals surface area contributed by atoms with Crippen LogP contribution < -0.4 is 5.73 Å². The summed E-state index contributed by atoms with van der Waals surface area (Å²) in [7, 11) is 0. The number of nitrogens with zero attached hydrogens (tertiary/aromatic N) is 5. The van der Waals surface area contributed by atoms with Crippen LogP contribution in [0.25, 0.3) is 0 Å². The molecule has 2 aromatic rings. The van der Waals surface area contributed by atoms with Crippen molar-refractivity contribution in [3.63, 3.8) is 0 Å². The number of aromatic nitrogens is 4. The maximum atomic E-state index is 5.63. The molecule has 3 rings (SSSR count). The predicted molar refractivity (Wildman–Crippen MR) is 72.6 cm³/mol. The number of nitrogen functional groups attached to an aromatic ring is 1. The van der Waals surface area contributed by atoms with Crippen molar-refractivity contribution in [1.29, 1.82) is 0 Å². The first-order valence-corrected chi connectivity index (χ1v) is 6.35. The van der Waals surface area contributed by atoms with Gasteiger partial charge in [-0.3, -0.25) is 4.90 Å². The minimum atomic E-state index is 0. The molecule has 0 atom stereocenters. The SMILES string of the molecule is Cc1nc2n(n1)CCN(Cc1cnc(N)s1)C2.Cl. The van der Waals surface area contributed by atoms with E-state index in [4.69, 9.17) is 5.73 Å². The van der Waals surface area contributed by atoms with E-state index in [-0.39, 0.29) is 12.4 Å². The largest absolute Gasteiger partial charge is 0.375 e. The molecule has 0 aromatic carbocycles. The van der Waals surface area contributed by atoms with Crippen LogP contribution in [0, 0.1) is 6.92 Å². The molecule has 2 N–H and O–H groups in total. The number of halogens is 1. The van der Waals surface area contributed by atoms with Crippen LogP contribution in [0.2, 0.25) is 0 Å². The van der Waals surface area contributed by atoms with Crippen LogP contribution in [0.1, 0.15) is 16.5 Å². The minimum absolute atomic E-state index is 0. The van der Waals surface area contributed by atoms with Gasteiger partial charge in [0.2, 0.25) is 0 Å². The fourth-order valence-corrected chi connectivity index (χ4v) is 2.79. The van der Waals surface area contributed by atoms with Crippen LogP contribution in [-0.4, -0.2) is 31.2 Å². The second kappa shape index (κ2) is 5.21. The molecule has 2 aromatic heterocycles. The van der Waals surface area contributed by atoms with E-state index in [1.807, 2.05) is 17.8 Å². The van der Waals surface area contributed by atoms with Gasteiger partial charge in [-0.2, -0.15) is 5.10 Å². The summed E-state index contributed by atoms with van der Waals surface area (Å²) in [5.74, 6) is 1.90. The number of anilines is 1. The van der Waals surface area contributed by atoms with Crippen LogP contribution in [0.3, 0.4) is 0 Å². The van der Waals surface area contributed by atoms with Gasteiger partial charge in [-0.05, 0) is 6.92 Å². The molecule has 1 aliphatic heterocycles. The minimum Gasteiger partial charge on any atom is -0.375 e. The van der Waals surface area contributed by atoms with Gasteiger partial charge in [0.15, 0.2) is 5.13 Å². The van der Waals surface area contributed by atoms with Crippen LogP contribution in [0.15, 0.2) is 6.20 Å². The van der Waals surface area contributed by atoms with Gasteiger partial charge in [-0.1, -0.05) is 0 Å². The Kier molecular flexibility index (Phi) is 3.84. The summed E-state index contributed by atoms with van der Waals surface area (Å²) < 4.78 is 1.99. The van der Waals surface area contributed by atoms with Crippen molar-refractivity contribution in [3.05, 3.63) is 22.7 Å². The zero-order chi connectivity index (χ0) is 11.8. The molecule has 0 amide bonds. The first kappa shape index (κ1) is 13.3. The normalized spacial score (nSPS) is 15.2. The van der Waals surface area contributed by atoms with E-state index in [0.717, 1.165) is 37.8 Å². The van der Waals surface area contributed by atoms with E-state index >= 15 is 0 Å². The zero-order valence-corrected chi connectivity index (χ0v) is 11.7. The summed E-state index contributed by atoms with van der Waals surface area (Å²) in [5, 5.41) is 4.98. The lowest BCUT2D eigenvalue weighted by atomic mass is 10.3. The molecule has 0 fully saturated rings. The molecule has 0 spiro atoms. The monoisotopic (exact) mass is 286 g/mol. The molecular weight excluding hydrogens is 272 g/mol. The summed E-state index contributed by atoms with van der Waals surface area (Å²) in [4.78, 5) is 12.0. The number of fused-ring (bicyclic) bond motifs is 1. The van der Waals surface area contributed by atoms with Crippen molar-refractivity contribution < 1.29 is 0 Å². The Morgan fingerprint density at radius 3 is 3.00 bits per heavy atom. The molecule has 0 aliphatic carbocycles. The molecule has 0 radical (unpaired) electrons. The fourth-order valence-electron chi connectivity index (χ4n) is 2.06. The highest BCUT2D eigenvalue weighted by Gasteiger charge is 2.19. The Labute approximate surface area is 115 Å². The standard InChI is InChI=1S/C10H14N6S.ClH/c1-7-13-9-6-15(2-3-16(9)14-7)5-8-4-12-10(11)17-8;/h4H,2-3,5-6H2,1H3,(H2,11,12);1H. The summed E-state index contributed by atoms with van der Waals surface area (Å²) in [6.45, 7) is 5.57. The Bertz CT molecular complexity index is 536. The molecule has 0 saturated carbocycles. The lowest BCUT2D eigenvalue weighted by Gasteiger charge is -2.25. The summed E-state index contributed by atoms with van der Waals surface area (Å²) in [5.41, 5.74) is 5.63. The van der Waals surface area contributed by atoms with Crippen molar-refractivity contribution in [2.75, 3.05) is 12.3 Å². The van der Waals surface area contributed by atoms with E-state index in [1.165, 1.54) is 4.88 Å². The fraction of sp³-hybridized carbons (Fsp3) is 0.500. The average molecular weight is 287 g/mol. The third kappa shape index (κ3) is 2.63. The van der Waals surface area contributed by atoms with Crippen LogP contribution in [0.4, 0.5) is 5.13 Å².